The van der Waals surface area contributed by atoms with Crippen LogP contribution in [0.4, 0.5) is 0 Å². The van der Waals surface area contributed by atoms with Crippen molar-refractivity contribution in [3.63, 3.8) is 0 Å². The average Bonchev–Trinajstić information content (AvgIpc) is 2.48. The molecule has 3 nitrogen and oxygen atoms in total. The number of ketones is 1. The Hall–Kier alpha value is -2.42. The van der Waals surface area contributed by atoms with Gasteiger partial charge in [0.1, 0.15) is 0 Å². The highest BCUT2D eigenvalue weighted by molar-refractivity contribution is 6.01. The first kappa shape index (κ1) is 13.0. The third-order valence-electron chi connectivity index (χ3n) is 2.84. The summed E-state index contributed by atoms with van der Waals surface area (Å²) in [5.41, 5.74) is 1.21. The highest BCUT2D eigenvalue weighted by Crippen LogP contribution is 2.05. The van der Waals surface area contributed by atoms with E-state index in [2.05, 4.69) is 0 Å². The van der Waals surface area contributed by atoms with E-state index in [0.717, 1.165) is 0 Å². The van der Waals surface area contributed by atoms with E-state index in [-0.39, 0.29) is 18.2 Å². The molecule has 0 atom stereocenters. The molecule has 3 heteroatoms. The standard InChI is InChI=1S/C16H15NO2/c1-17(16(19)14-10-6-3-7-11-14)12-15(18)13-8-4-2-5-9-13/h2-11H,12H2,1H3. The molecule has 0 aliphatic rings. The van der Waals surface area contributed by atoms with Gasteiger partial charge in [-0.25, -0.2) is 0 Å². The van der Waals surface area contributed by atoms with Gasteiger partial charge in [0.15, 0.2) is 5.78 Å². The fraction of sp³-hybridized carbons (Fsp3) is 0.125. The van der Waals surface area contributed by atoms with E-state index in [1.165, 1.54) is 4.90 Å². The Morgan fingerprint density at radius 2 is 1.32 bits per heavy atom. The van der Waals surface area contributed by atoms with E-state index >= 15 is 0 Å². The van der Waals surface area contributed by atoms with Crippen LogP contribution in [0.25, 0.3) is 0 Å². The van der Waals surface area contributed by atoms with Gasteiger partial charge in [-0.1, -0.05) is 48.5 Å². The van der Waals surface area contributed by atoms with Crippen molar-refractivity contribution < 1.29 is 9.59 Å². The molecule has 96 valence electrons. The summed E-state index contributed by atoms with van der Waals surface area (Å²) in [5, 5.41) is 0. The Morgan fingerprint density at radius 3 is 1.84 bits per heavy atom. The Morgan fingerprint density at radius 1 is 0.842 bits per heavy atom. The first-order valence-corrected chi connectivity index (χ1v) is 6.07. The zero-order valence-corrected chi connectivity index (χ0v) is 10.7. The first-order valence-electron chi connectivity index (χ1n) is 6.07. The van der Waals surface area contributed by atoms with Gasteiger partial charge in [-0.15, -0.1) is 0 Å². The van der Waals surface area contributed by atoms with Crippen molar-refractivity contribution in [1.29, 1.82) is 0 Å². The van der Waals surface area contributed by atoms with Crippen molar-refractivity contribution in [2.45, 2.75) is 0 Å². The van der Waals surface area contributed by atoms with Gasteiger partial charge in [0, 0.05) is 18.2 Å². The Kier molecular flexibility index (Phi) is 4.08. The predicted molar refractivity (Wildman–Crippen MR) is 74.2 cm³/mol. The molecule has 0 unspecified atom stereocenters. The van der Waals surface area contributed by atoms with E-state index < -0.39 is 0 Å². The molecule has 0 bridgehead atoms. The lowest BCUT2D eigenvalue weighted by Crippen LogP contribution is -2.32. The van der Waals surface area contributed by atoms with Gasteiger partial charge in [-0.3, -0.25) is 9.59 Å². The van der Waals surface area contributed by atoms with Gasteiger partial charge < -0.3 is 4.90 Å². The number of hydrogen-bond acceptors (Lipinski definition) is 2. The summed E-state index contributed by atoms with van der Waals surface area (Å²) in [6.45, 7) is 0.0811. The molecule has 19 heavy (non-hydrogen) atoms. The van der Waals surface area contributed by atoms with Crippen LogP contribution in [-0.4, -0.2) is 30.2 Å². The van der Waals surface area contributed by atoms with Gasteiger partial charge in [-0.2, -0.15) is 0 Å². The van der Waals surface area contributed by atoms with Crippen molar-refractivity contribution in [2.24, 2.45) is 0 Å². The molecule has 0 saturated heterocycles. The van der Waals surface area contributed by atoms with Crippen LogP contribution in [0.3, 0.4) is 0 Å². The lowest BCUT2D eigenvalue weighted by Gasteiger charge is -2.16. The quantitative estimate of drug-likeness (QED) is 0.785. The number of likely N-dealkylation sites (N-methyl/N-ethyl adjacent to an activating group) is 1. The van der Waals surface area contributed by atoms with Crippen LogP contribution in [-0.2, 0) is 0 Å². The Labute approximate surface area is 112 Å². The molecule has 2 aromatic carbocycles. The monoisotopic (exact) mass is 253 g/mol. The Balaban J connectivity index is 2.04. The van der Waals surface area contributed by atoms with Crippen LogP contribution in [0.1, 0.15) is 20.7 Å². The number of benzene rings is 2. The summed E-state index contributed by atoms with van der Waals surface area (Å²) in [6.07, 6.45) is 0. The van der Waals surface area contributed by atoms with Crippen LogP contribution in [0, 0.1) is 0 Å². The molecule has 0 saturated carbocycles. The number of amides is 1. The molecule has 2 rings (SSSR count). The molecule has 0 aliphatic carbocycles. The van der Waals surface area contributed by atoms with Gasteiger partial charge in [0.25, 0.3) is 5.91 Å². The molecule has 0 spiro atoms. The fourth-order valence-electron chi connectivity index (χ4n) is 1.80. The highest BCUT2D eigenvalue weighted by Gasteiger charge is 2.15. The van der Waals surface area contributed by atoms with Gasteiger partial charge in [0.2, 0.25) is 0 Å². The van der Waals surface area contributed by atoms with E-state index in [9.17, 15) is 9.59 Å². The molecule has 0 aliphatic heterocycles. The first-order chi connectivity index (χ1) is 9.18. The lowest BCUT2D eigenvalue weighted by atomic mass is 10.1. The summed E-state index contributed by atoms with van der Waals surface area (Å²) >= 11 is 0. The minimum atomic E-state index is -0.148. The third kappa shape index (κ3) is 3.28. The topological polar surface area (TPSA) is 37.4 Å². The van der Waals surface area contributed by atoms with Gasteiger partial charge in [-0.05, 0) is 12.1 Å². The molecule has 0 aromatic heterocycles. The summed E-state index contributed by atoms with van der Waals surface area (Å²) in [6, 6.07) is 17.9. The maximum absolute atomic E-state index is 12.1. The van der Waals surface area contributed by atoms with Gasteiger partial charge >= 0.3 is 0 Å². The van der Waals surface area contributed by atoms with Crippen molar-refractivity contribution in [3.8, 4) is 0 Å². The normalized spacial score (nSPS) is 9.95. The summed E-state index contributed by atoms with van der Waals surface area (Å²) < 4.78 is 0. The molecule has 0 fully saturated rings. The number of hydrogen-bond donors (Lipinski definition) is 0. The molecule has 0 heterocycles. The summed E-state index contributed by atoms with van der Waals surface area (Å²) in [5.74, 6) is -0.211. The zero-order valence-electron chi connectivity index (χ0n) is 10.7. The van der Waals surface area contributed by atoms with Crippen molar-refractivity contribution in [2.75, 3.05) is 13.6 Å². The molecule has 1 amide bonds. The predicted octanol–water partition coefficient (Wildman–Crippen LogP) is 2.64. The van der Waals surface area contributed by atoms with E-state index in [4.69, 9.17) is 0 Å². The molecule has 0 radical (unpaired) electrons. The highest BCUT2D eigenvalue weighted by atomic mass is 16.2. The van der Waals surface area contributed by atoms with Crippen LogP contribution in [0.15, 0.2) is 60.7 Å². The minimum absolute atomic E-state index is 0.0626. The van der Waals surface area contributed by atoms with Gasteiger partial charge in [0.05, 0.1) is 6.54 Å². The van der Waals surface area contributed by atoms with Crippen molar-refractivity contribution >= 4 is 11.7 Å². The summed E-state index contributed by atoms with van der Waals surface area (Å²) in [4.78, 5) is 25.5. The average molecular weight is 253 g/mol. The molecular formula is C16H15NO2. The fourth-order valence-corrected chi connectivity index (χ4v) is 1.80. The maximum atomic E-state index is 12.1. The van der Waals surface area contributed by atoms with E-state index in [1.807, 2.05) is 24.3 Å². The minimum Gasteiger partial charge on any atom is -0.334 e. The zero-order chi connectivity index (χ0) is 13.7. The third-order valence-corrected chi connectivity index (χ3v) is 2.84. The number of Topliss-reactive ketones (excluding diaryl/α,β-unsaturated/α-hetero) is 1. The van der Waals surface area contributed by atoms with Crippen molar-refractivity contribution in [3.05, 3.63) is 71.8 Å². The SMILES string of the molecule is CN(CC(=O)c1ccccc1)C(=O)c1ccccc1. The van der Waals surface area contributed by atoms with E-state index in [1.54, 1.807) is 43.4 Å². The smallest absolute Gasteiger partial charge is 0.254 e. The second kappa shape index (κ2) is 5.96. The summed E-state index contributed by atoms with van der Waals surface area (Å²) in [7, 11) is 1.64. The number of rotatable bonds is 4. The Bertz CT molecular complexity index is 564. The van der Waals surface area contributed by atoms with Crippen LogP contribution < -0.4 is 0 Å². The molecule has 0 N–H and O–H groups in total. The van der Waals surface area contributed by atoms with Crippen molar-refractivity contribution in [1.82, 2.24) is 4.90 Å². The van der Waals surface area contributed by atoms with Crippen LogP contribution >= 0.6 is 0 Å². The number of nitrogens with zero attached hydrogens (tertiary/aromatic N) is 1. The van der Waals surface area contributed by atoms with E-state index in [0.29, 0.717) is 11.1 Å². The number of carbonyl (C=O) groups excluding carboxylic acids is 2. The molecule has 2 aromatic rings. The lowest BCUT2D eigenvalue weighted by molar-refractivity contribution is 0.0747. The largest absolute Gasteiger partial charge is 0.334 e. The maximum Gasteiger partial charge on any atom is 0.254 e. The van der Waals surface area contributed by atoms with Crippen LogP contribution in [0.2, 0.25) is 0 Å². The number of carbonyl (C=O) groups is 2. The van der Waals surface area contributed by atoms with Crippen LogP contribution in [0.5, 0.6) is 0 Å². The molecular weight excluding hydrogens is 238 g/mol. The second-order valence-corrected chi connectivity index (χ2v) is 4.32. The second-order valence-electron chi connectivity index (χ2n) is 4.32.